The van der Waals surface area contributed by atoms with E-state index >= 15 is 0 Å². The van der Waals surface area contributed by atoms with Crippen molar-refractivity contribution in [3.8, 4) is 11.5 Å². The van der Waals surface area contributed by atoms with E-state index in [0.29, 0.717) is 24.8 Å². The molecule has 3 aromatic rings. The first-order valence-electron chi connectivity index (χ1n) is 9.49. The summed E-state index contributed by atoms with van der Waals surface area (Å²) in [6.07, 6.45) is 3.63. The Morgan fingerprint density at radius 1 is 1.03 bits per heavy atom. The predicted octanol–water partition coefficient (Wildman–Crippen LogP) is 4.89. The standard InChI is InChI=1S/C23H25N3O2S/c1-3-28-22-12-5-4-11-21(22)25-23(29)26(17-19-9-7-13-24-15-19)16-18-8-6-10-20(14-18)27-2/h4-15H,3,16-17H2,1-2H3,(H,25,29). The van der Waals surface area contributed by atoms with Crippen LogP contribution in [0, 0.1) is 0 Å². The Bertz CT molecular complexity index is 934. The molecule has 0 saturated carbocycles. The molecule has 1 heterocycles. The summed E-state index contributed by atoms with van der Waals surface area (Å²) in [5, 5.41) is 3.96. The lowest BCUT2D eigenvalue weighted by Crippen LogP contribution is -2.34. The molecule has 0 unspecified atom stereocenters. The molecule has 0 spiro atoms. The Morgan fingerprint density at radius 2 is 1.83 bits per heavy atom. The molecule has 0 radical (unpaired) electrons. The molecular weight excluding hydrogens is 382 g/mol. The molecule has 150 valence electrons. The molecule has 0 aliphatic heterocycles. The molecule has 0 fully saturated rings. The summed E-state index contributed by atoms with van der Waals surface area (Å²) in [6, 6.07) is 19.8. The van der Waals surface area contributed by atoms with Gasteiger partial charge in [-0.2, -0.15) is 0 Å². The second-order valence-electron chi connectivity index (χ2n) is 6.43. The van der Waals surface area contributed by atoms with Gasteiger partial charge in [0.05, 0.1) is 19.4 Å². The summed E-state index contributed by atoms with van der Waals surface area (Å²) in [4.78, 5) is 6.32. The van der Waals surface area contributed by atoms with E-state index in [2.05, 4.69) is 21.3 Å². The average Bonchev–Trinajstić information content (AvgIpc) is 2.75. The maximum atomic E-state index is 5.77. The van der Waals surface area contributed by atoms with Crippen LogP contribution >= 0.6 is 12.2 Å². The van der Waals surface area contributed by atoms with Gasteiger partial charge in [-0.15, -0.1) is 0 Å². The molecule has 29 heavy (non-hydrogen) atoms. The van der Waals surface area contributed by atoms with Gasteiger partial charge in [0.15, 0.2) is 5.11 Å². The first-order chi connectivity index (χ1) is 14.2. The third-order valence-electron chi connectivity index (χ3n) is 4.32. The van der Waals surface area contributed by atoms with Crippen molar-refractivity contribution in [2.24, 2.45) is 0 Å². The zero-order valence-corrected chi connectivity index (χ0v) is 17.5. The SMILES string of the molecule is CCOc1ccccc1NC(=S)N(Cc1cccnc1)Cc1cccc(OC)c1. The number of ether oxygens (including phenoxy) is 2. The van der Waals surface area contributed by atoms with Gasteiger partial charge in [0.1, 0.15) is 11.5 Å². The second-order valence-corrected chi connectivity index (χ2v) is 6.81. The van der Waals surface area contributed by atoms with Gasteiger partial charge in [0.25, 0.3) is 0 Å². The van der Waals surface area contributed by atoms with Crippen LogP contribution in [0.1, 0.15) is 18.1 Å². The summed E-state index contributed by atoms with van der Waals surface area (Å²) in [5.74, 6) is 1.60. The zero-order valence-electron chi connectivity index (χ0n) is 16.7. The first kappa shape index (κ1) is 20.6. The van der Waals surface area contributed by atoms with Crippen LogP contribution in [-0.2, 0) is 13.1 Å². The molecule has 0 saturated heterocycles. The van der Waals surface area contributed by atoms with Crippen LogP contribution in [0.2, 0.25) is 0 Å². The topological polar surface area (TPSA) is 46.6 Å². The first-order valence-corrected chi connectivity index (χ1v) is 9.90. The minimum absolute atomic E-state index is 0.592. The summed E-state index contributed by atoms with van der Waals surface area (Å²) in [5.41, 5.74) is 3.04. The smallest absolute Gasteiger partial charge is 0.174 e. The number of hydrogen-bond donors (Lipinski definition) is 1. The predicted molar refractivity (Wildman–Crippen MR) is 120 cm³/mol. The number of aromatic nitrogens is 1. The van der Waals surface area contributed by atoms with Crippen LogP contribution in [0.5, 0.6) is 11.5 Å². The van der Waals surface area contributed by atoms with Crippen molar-refractivity contribution in [3.05, 3.63) is 84.2 Å². The molecule has 5 nitrogen and oxygen atoms in total. The van der Waals surface area contributed by atoms with Crippen molar-refractivity contribution in [1.29, 1.82) is 0 Å². The number of methoxy groups -OCH3 is 1. The Morgan fingerprint density at radius 3 is 2.59 bits per heavy atom. The van der Waals surface area contributed by atoms with Crippen molar-refractivity contribution in [1.82, 2.24) is 9.88 Å². The van der Waals surface area contributed by atoms with Crippen LogP contribution < -0.4 is 14.8 Å². The largest absolute Gasteiger partial charge is 0.497 e. The van der Waals surface area contributed by atoms with Gasteiger partial charge in [0.2, 0.25) is 0 Å². The number of thiocarbonyl (C=S) groups is 1. The van der Waals surface area contributed by atoms with Crippen molar-refractivity contribution >= 4 is 23.0 Å². The fourth-order valence-corrected chi connectivity index (χ4v) is 3.19. The van der Waals surface area contributed by atoms with Crippen molar-refractivity contribution < 1.29 is 9.47 Å². The fraction of sp³-hybridized carbons (Fsp3) is 0.217. The zero-order chi connectivity index (χ0) is 20.5. The Hall–Kier alpha value is -3.12. The number of benzene rings is 2. The van der Waals surface area contributed by atoms with Crippen LogP contribution in [0.4, 0.5) is 5.69 Å². The summed E-state index contributed by atoms with van der Waals surface area (Å²) in [6.45, 7) is 3.82. The minimum Gasteiger partial charge on any atom is -0.497 e. The monoisotopic (exact) mass is 407 g/mol. The third-order valence-corrected chi connectivity index (χ3v) is 4.68. The summed E-state index contributed by atoms with van der Waals surface area (Å²) >= 11 is 5.77. The van der Waals surface area contributed by atoms with E-state index in [1.807, 2.05) is 67.7 Å². The molecule has 0 amide bonds. The Balaban J connectivity index is 1.82. The molecule has 0 atom stereocenters. The highest BCUT2D eigenvalue weighted by Gasteiger charge is 2.14. The van der Waals surface area contributed by atoms with E-state index in [-0.39, 0.29) is 0 Å². The molecular formula is C23H25N3O2S. The van der Waals surface area contributed by atoms with Gasteiger partial charge < -0.3 is 19.7 Å². The van der Waals surface area contributed by atoms with Crippen LogP contribution in [-0.4, -0.2) is 28.7 Å². The molecule has 1 N–H and O–H groups in total. The van der Waals surface area contributed by atoms with E-state index in [4.69, 9.17) is 21.7 Å². The van der Waals surface area contributed by atoms with E-state index < -0.39 is 0 Å². The van der Waals surface area contributed by atoms with Gasteiger partial charge in [-0.1, -0.05) is 30.3 Å². The Labute approximate surface area is 177 Å². The van der Waals surface area contributed by atoms with Crippen molar-refractivity contribution in [3.63, 3.8) is 0 Å². The highest BCUT2D eigenvalue weighted by molar-refractivity contribution is 7.80. The molecule has 0 bridgehead atoms. The number of rotatable bonds is 8. The van der Waals surface area contributed by atoms with Gasteiger partial charge in [0, 0.05) is 25.5 Å². The molecule has 3 rings (SSSR count). The van der Waals surface area contributed by atoms with Gasteiger partial charge in [-0.25, -0.2) is 0 Å². The molecule has 0 aliphatic carbocycles. The van der Waals surface area contributed by atoms with Crippen LogP contribution in [0.15, 0.2) is 73.1 Å². The highest BCUT2D eigenvalue weighted by atomic mass is 32.1. The minimum atomic E-state index is 0.592. The number of para-hydroxylation sites is 2. The normalized spacial score (nSPS) is 10.3. The number of anilines is 1. The lowest BCUT2D eigenvalue weighted by molar-refractivity contribution is 0.342. The van der Waals surface area contributed by atoms with Crippen LogP contribution in [0.3, 0.4) is 0 Å². The molecule has 1 aromatic heterocycles. The van der Waals surface area contributed by atoms with Crippen LogP contribution in [0.25, 0.3) is 0 Å². The average molecular weight is 408 g/mol. The van der Waals surface area contributed by atoms with E-state index in [0.717, 1.165) is 28.3 Å². The third kappa shape index (κ3) is 5.93. The maximum Gasteiger partial charge on any atom is 0.174 e. The quantitative estimate of drug-likeness (QED) is 0.537. The molecule has 0 aliphatic rings. The summed E-state index contributed by atoms with van der Waals surface area (Å²) < 4.78 is 11.1. The van der Waals surface area contributed by atoms with Gasteiger partial charge >= 0.3 is 0 Å². The van der Waals surface area contributed by atoms with E-state index in [1.165, 1.54) is 0 Å². The molecule has 6 heteroatoms. The van der Waals surface area contributed by atoms with Crippen molar-refractivity contribution in [2.75, 3.05) is 19.0 Å². The lowest BCUT2D eigenvalue weighted by Gasteiger charge is -2.27. The molecule has 2 aromatic carbocycles. The van der Waals surface area contributed by atoms with Gasteiger partial charge in [-0.3, -0.25) is 4.98 Å². The van der Waals surface area contributed by atoms with Gasteiger partial charge in [-0.05, 0) is 60.6 Å². The maximum absolute atomic E-state index is 5.77. The highest BCUT2D eigenvalue weighted by Crippen LogP contribution is 2.25. The number of nitrogens with one attached hydrogen (secondary N) is 1. The number of hydrogen-bond acceptors (Lipinski definition) is 4. The number of pyridine rings is 1. The second kappa shape index (κ2) is 10.4. The fourth-order valence-electron chi connectivity index (χ4n) is 2.95. The van der Waals surface area contributed by atoms with E-state index in [9.17, 15) is 0 Å². The lowest BCUT2D eigenvalue weighted by atomic mass is 10.2. The van der Waals surface area contributed by atoms with E-state index in [1.54, 1.807) is 13.3 Å². The van der Waals surface area contributed by atoms with Crippen molar-refractivity contribution in [2.45, 2.75) is 20.0 Å². The number of nitrogens with zero attached hydrogens (tertiary/aromatic N) is 2. The summed E-state index contributed by atoms with van der Waals surface area (Å²) in [7, 11) is 1.67. The Kier molecular flexibility index (Phi) is 7.41.